The van der Waals surface area contributed by atoms with Gasteiger partial charge in [0, 0.05) is 5.69 Å². The van der Waals surface area contributed by atoms with E-state index in [2.05, 4.69) is 11.4 Å². The van der Waals surface area contributed by atoms with E-state index in [1.54, 1.807) is 0 Å². The minimum atomic E-state index is -0.128. The maximum Gasteiger partial charge on any atom is 0.215 e. The van der Waals surface area contributed by atoms with Crippen LogP contribution in [0.1, 0.15) is 5.56 Å². The van der Waals surface area contributed by atoms with E-state index in [0.717, 1.165) is 22.0 Å². The number of hydrogen-bond donors (Lipinski definition) is 2. The fourth-order valence-corrected chi connectivity index (χ4v) is 2.23. The Morgan fingerprint density at radius 3 is 2.60 bits per heavy atom. The molecule has 0 spiro atoms. The van der Waals surface area contributed by atoms with Crippen molar-refractivity contribution in [3.05, 3.63) is 42.0 Å². The lowest BCUT2D eigenvalue weighted by Crippen LogP contribution is -2.35. The number of amides is 1. The van der Waals surface area contributed by atoms with Gasteiger partial charge in [-0.05, 0) is 47.6 Å². The van der Waals surface area contributed by atoms with Crippen LogP contribution in [0.25, 0.3) is 10.8 Å². The second kappa shape index (κ2) is 6.45. The predicted octanol–water partition coefficient (Wildman–Crippen LogP) is 2.30. The summed E-state index contributed by atoms with van der Waals surface area (Å²) in [6.45, 7) is 2.04. The Hall–Kier alpha value is -1.98. The maximum absolute atomic E-state index is 10.9. The summed E-state index contributed by atoms with van der Waals surface area (Å²) >= 11 is 5.18. The summed E-state index contributed by atoms with van der Waals surface area (Å²) in [5.41, 5.74) is 1.90. The second-order valence-corrected chi connectivity index (χ2v) is 4.85. The average Bonchev–Trinajstić information content (AvgIpc) is 2.45. The van der Waals surface area contributed by atoms with Gasteiger partial charge in [-0.1, -0.05) is 24.3 Å². The Bertz CT molecular complexity index is 643. The van der Waals surface area contributed by atoms with Crippen molar-refractivity contribution in [1.82, 2.24) is 4.90 Å². The van der Waals surface area contributed by atoms with Crippen LogP contribution >= 0.6 is 12.2 Å². The van der Waals surface area contributed by atoms with Gasteiger partial charge in [0.1, 0.15) is 0 Å². The number of benzene rings is 2. The fraction of sp³-hybridized carbons (Fsp3) is 0.200. The number of thiocarbonyl (C=S) groups is 1. The molecule has 0 aromatic heterocycles. The number of hydrogen-bond acceptors (Lipinski definition) is 3. The predicted molar refractivity (Wildman–Crippen MR) is 84.8 cm³/mol. The number of aliphatic hydroxyl groups is 1. The van der Waals surface area contributed by atoms with Gasteiger partial charge in [-0.3, -0.25) is 9.69 Å². The first-order valence-electron chi connectivity index (χ1n) is 6.29. The Labute approximate surface area is 123 Å². The van der Waals surface area contributed by atoms with Crippen molar-refractivity contribution in [3.8, 4) is 0 Å². The number of rotatable bonds is 4. The third-order valence-corrected chi connectivity index (χ3v) is 3.40. The number of carbonyl (C=O) groups excluding carboxylic acids is 1. The van der Waals surface area contributed by atoms with E-state index < -0.39 is 0 Å². The molecule has 0 aliphatic carbocycles. The Morgan fingerprint density at radius 2 is 2.00 bits per heavy atom. The first kappa shape index (κ1) is 14.4. The van der Waals surface area contributed by atoms with Crippen molar-refractivity contribution < 1.29 is 9.90 Å². The van der Waals surface area contributed by atoms with Gasteiger partial charge >= 0.3 is 0 Å². The summed E-state index contributed by atoms with van der Waals surface area (Å²) in [4.78, 5) is 12.2. The zero-order valence-electron chi connectivity index (χ0n) is 11.2. The normalized spacial score (nSPS) is 10.3. The quantitative estimate of drug-likeness (QED) is 0.669. The van der Waals surface area contributed by atoms with Gasteiger partial charge < -0.3 is 10.4 Å². The van der Waals surface area contributed by atoms with Gasteiger partial charge in [0.15, 0.2) is 5.11 Å². The molecule has 0 aliphatic heterocycles. The molecule has 2 aromatic rings. The maximum atomic E-state index is 10.9. The number of anilines is 1. The van der Waals surface area contributed by atoms with Gasteiger partial charge in [0.2, 0.25) is 6.41 Å². The van der Waals surface area contributed by atoms with E-state index in [-0.39, 0.29) is 18.3 Å². The molecule has 20 heavy (non-hydrogen) atoms. The molecule has 2 rings (SSSR count). The van der Waals surface area contributed by atoms with E-state index in [1.165, 1.54) is 4.90 Å². The van der Waals surface area contributed by atoms with Crippen LogP contribution in [0.4, 0.5) is 5.69 Å². The third kappa shape index (κ3) is 3.12. The average molecular weight is 288 g/mol. The molecule has 0 bridgehead atoms. The molecule has 0 unspecified atom stereocenters. The van der Waals surface area contributed by atoms with Gasteiger partial charge in [-0.25, -0.2) is 0 Å². The van der Waals surface area contributed by atoms with Crippen molar-refractivity contribution >= 4 is 40.2 Å². The largest absolute Gasteiger partial charge is 0.395 e. The van der Waals surface area contributed by atoms with Crippen molar-refractivity contribution in [1.29, 1.82) is 0 Å². The van der Waals surface area contributed by atoms with Crippen LogP contribution in [-0.4, -0.2) is 34.7 Å². The van der Waals surface area contributed by atoms with Crippen molar-refractivity contribution in [3.63, 3.8) is 0 Å². The lowest BCUT2D eigenvalue weighted by Gasteiger charge is -2.19. The Kier molecular flexibility index (Phi) is 4.65. The zero-order valence-corrected chi connectivity index (χ0v) is 12.0. The summed E-state index contributed by atoms with van der Waals surface area (Å²) in [5.74, 6) is 0. The zero-order chi connectivity index (χ0) is 14.5. The lowest BCUT2D eigenvalue weighted by molar-refractivity contribution is -0.115. The SMILES string of the molecule is Cc1cc2ccccc2cc1NC(=S)N(C=O)CCO. The molecule has 0 radical (unpaired) electrons. The molecule has 0 atom stereocenters. The highest BCUT2D eigenvalue weighted by Gasteiger charge is 2.09. The number of nitrogens with zero attached hydrogens (tertiary/aromatic N) is 1. The highest BCUT2D eigenvalue weighted by atomic mass is 32.1. The van der Waals surface area contributed by atoms with E-state index >= 15 is 0 Å². The molecule has 0 heterocycles. The van der Waals surface area contributed by atoms with Gasteiger partial charge in [-0.15, -0.1) is 0 Å². The van der Waals surface area contributed by atoms with Gasteiger partial charge in [0.05, 0.1) is 13.2 Å². The molecule has 1 amide bonds. The molecule has 2 N–H and O–H groups in total. The lowest BCUT2D eigenvalue weighted by atomic mass is 10.1. The molecule has 4 nitrogen and oxygen atoms in total. The monoisotopic (exact) mass is 288 g/mol. The molecule has 0 fully saturated rings. The van der Waals surface area contributed by atoms with Gasteiger partial charge in [-0.2, -0.15) is 0 Å². The highest BCUT2D eigenvalue weighted by Crippen LogP contribution is 2.23. The molecule has 0 saturated carbocycles. The summed E-state index contributed by atoms with van der Waals surface area (Å²) in [7, 11) is 0. The van der Waals surface area contributed by atoms with Crippen LogP contribution in [0.15, 0.2) is 36.4 Å². The number of fused-ring (bicyclic) bond motifs is 1. The van der Waals surface area contributed by atoms with Crippen LogP contribution in [-0.2, 0) is 4.79 Å². The number of nitrogens with one attached hydrogen (secondary N) is 1. The standard InChI is InChI=1S/C15H16N2O2S/c1-11-8-12-4-2-3-5-13(12)9-14(11)16-15(20)17(10-19)6-7-18/h2-5,8-10,18H,6-7H2,1H3,(H,16,20). The topological polar surface area (TPSA) is 52.6 Å². The first-order chi connectivity index (χ1) is 9.65. The van der Waals surface area contributed by atoms with Crippen LogP contribution < -0.4 is 5.32 Å². The van der Waals surface area contributed by atoms with Crippen LogP contribution in [0.3, 0.4) is 0 Å². The van der Waals surface area contributed by atoms with Crippen molar-refractivity contribution in [2.45, 2.75) is 6.92 Å². The number of aryl methyl sites for hydroxylation is 1. The minimum absolute atomic E-state index is 0.128. The highest BCUT2D eigenvalue weighted by molar-refractivity contribution is 7.80. The van der Waals surface area contributed by atoms with E-state index in [1.807, 2.05) is 37.3 Å². The Morgan fingerprint density at radius 1 is 1.35 bits per heavy atom. The van der Waals surface area contributed by atoms with Crippen molar-refractivity contribution in [2.75, 3.05) is 18.5 Å². The third-order valence-electron chi connectivity index (χ3n) is 3.06. The molecule has 0 saturated heterocycles. The molecule has 2 aromatic carbocycles. The molecular weight excluding hydrogens is 272 g/mol. The molecule has 104 valence electrons. The minimum Gasteiger partial charge on any atom is -0.395 e. The smallest absolute Gasteiger partial charge is 0.215 e. The number of aliphatic hydroxyl groups excluding tert-OH is 1. The van der Waals surface area contributed by atoms with Gasteiger partial charge in [0.25, 0.3) is 0 Å². The summed E-state index contributed by atoms with van der Waals surface area (Å²) in [6, 6.07) is 12.1. The molecular formula is C15H16N2O2S. The van der Waals surface area contributed by atoms with E-state index in [9.17, 15) is 4.79 Å². The van der Waals surface area contributed by atoms with E-state index in [4.69, 9.17) is 17.3 Å². The summed E-state index contributed by atoms with van der Waals surface area (Å²) < 4.78 is 0. The van der Waals surface area contributed by atoms with Crippen LogP contribution in [0.5, 0.6) is 0 Å². The number of carbonyl (C=O) groups is 1. The van der Waals surface area contributed by atoms with E-state index in [0.29, 0.717) is 6.41 Å². The second-order valence-electron chi connectivity index (χ2n) is 4.47. The summed E-state index contributed by atoms with van der Waals surface area (Å²) in [6.07, 6.45) is 0.613. The van der Waals surface area contributed by atoms with Crippen LogP contribution in [0, 0.1) is 6.92 Å². The van der Waals surface area contributed by atoms with Crippen LogP contribution in [0.2, 0.25) is 0 Å². The Balaban J connectivity index is 2.26. The molecule has 0 aliphatic rings. The summed E-state index contributed by atoms with van der Waals surface area (Å²) in [5, 5.41) is 14.5. The van der Waals surface area contributed by atoms with Crippen molar-refractivity contribution in [2.24, 2.45) is 0 Å². The molecule has 5 heteroatoms. The first-order valence-corrected chi connectivity index (χ1v) is 6.69. The fourth-order valence-electron chi connectivity index (χ4n) is 1.99.